The van der Waals surface area contributed by atoms with Crippen LogP contribution in [0.2, 0.25) is 0 Å². The Balaban J connectivity index is 1.96. The van der Waals surface area contributed by atoms with Gasteiger partial charge in [-0.2, -0.15) is 5.10 Å². The number of aromatic amines is 2. The van der Waals surface area contributed by atoms with Gasteiger partial charge in [0.1, 0.15) is 5.82 Å². The Bertz CT molecular complexity index is 956. The molecule has 110 valence electrons. The van der Waals surface area contributed by atoms with E-state index in [0.717, 1.165) is 38.8 Å². The first-order valence-corrected chi connectivity index (χ1v) is 7.07. The van der Waals surface area contributed by atoms with Gasteiger partial charge in [-0.3, -0.25) is 5.10 Å². The van der Waals surface area contributed by atoms with E-state index < -0.39 is 0 Å². The maximum atomic E-state index is 9.09. The van der Waals surface area contributed by atoms with Crippen molar-refractivity contribution in [2.24, 2.45) is 0 Å². The zero-order chi connectivity index (χ0) is 15.1. The average molecular weight is 293 g/mol. The number of aliphatic hydroxyl groups excluding tert-OH is 1. The summed E-state index contributed by atoms with van der Waals surface area (Å²) in [4.78, 5) is 7.84. The topological polar surface area (TPSA) is 104 Å². The standard InChI is InChI=1S/C16H15N5O/c17-16-12-8-10(4-6-22)19-15(12)11-2-1-9(7-14(11)20-16)13-3-5-18-21-13/h1-3,5,7-8,19,22H,4,6H2,(H2,17,20)(H,18,21). The van der Waals surface area contributed by atoms with Crippen LogP contribution in [0.15, 0.2) is 36.5 Å². The van der Waals surface area contributed by atoms with Gasteiger partial charge in [-0.05, 0) is 18.2 Å². The van der Waals surface area contributed by atoms with Gasteiger partial charge < -0.3 is 15.8 Å². The minimum absolute atomic E-state index is 0.0993. The number of nitrogens with one attached hydrogen (secondary N) is 2. The zero-order valence-electron chi connectivity index (χ0n) is 11.8. The minimum Gasteiger partial charge on any atom is -0.396 e. The summed E-state index contributed by atoms with van der Waals surface area (Å²) in [6, 6.07) is 9.91. The number of hydrogen-bond acceptors (Lipinski definition) is 4. The number of nitrogen functional groups attached to an aromatic ring is 1. The van der Waals surface area contributed by atoms with E-state index in [9.17, 15) is 0 Å². The van der Waals surface area contributed by atoms with Crippen LogP contribution >= 0.6 is 0 Å². The van der Waals surface area contributed by atoms with Gasteiger partial charge in [-0.1, -0.05) is 12.1 Å². The van der Waals surface area contributed by atoms with Gasteiger partial charge in [-0.25, -0.2) is 4.98 Å². The summed E-state index contributed by atoms with van der Waals surface area (Å²) in [7, 11) is 0. The van der Waals surface area contributed by atoms with Crippen molar-refractivity contribution >= 4 is 27.6 Å². The summed E-state index contributed by atoms with van der Waals surface area (Å²) in [6.45, 7) is 0.0993. The van der Waals surface area contributed by atoms with E-state index >= 15 is 0 Å². The second kappa shape index (κ2) is 4.85. The number of pyridine rings is 1. The summed E-state index contributed by atoms with van der Waals surface area (Å²) in [5.41, 5.74) is 10.8. The van der Waals surface area contributed by atoms with Crippen molar-refractivity contribution in [3.05, 3.63) is 42.2 Å². The average Bonchev–Trinajstić information content (AvgIpc) is 3.17. The van der Waals surface area contributed by atoms with E-state index in [1.54, 1.807) is 6.20 Å². The lowest BCUT2D eigenvalue weighted by atomic mass is 10.1. The van der Waals surface area contributed by atoms with Crippen LogP contribution in [0.3, 0.4) is 0 Å². The normalized spacial score (nSPS) is 11.5. The molecule has 0 atom stereocenters. The van der Waals surface area contributed by atoms with Crippen LogP contribution in [0.1, 0.15) is 5.69 Å². The summed E-state index contributed by atoms with van der Waals surface area (Å²) in [6.07, 6.45) is 2.29. The molecule has 6 nitrogen and oxygen atoms in total. The van der Waals surface area contributed by atoms with E-state index in [-0.39, 0.29) is 6.61 Å². The van der Waals surface area contributed by atoms with Crippen LogP contribution in [0.5, 0.6) is 0 Å². The van der Waals surface area contributed by atoms with E-state index in [1.807, 2.05) is 30.3 Å². The van der Waals surface area contributed by atoms with Crippen LogP contribution < -0.4 is 5.73 Å². The Kier molecular flexibility index (Phi) is 2.83. The van der Waals surface area contributed by atoms with Crippen molar-refractivity contribution in [1.82, 2.24) is 20.2 Å². The molecule has 0 aliphatic rings. The number of aromatic nitrogens is 4. The number of H-pyrrole nitrogens is 2. The highest BCUT2D eigenvalue weighted by molar-refractivity contribution is 6.08. The van der Waals surface area contributed by atoms with E-state index in [1.165, 1.54) is 0 Å². The molecule has 0 saturated carbocycles. The molecule has 0 amide bonds. The van der Waals surface area contributed by atoms with Gasteiger partial charge in [0.25, 0.3) is 0 Å². The Hall–Kier alpha value is -2.86. The summed E-state index contributed by atoms with van der Waals surface area (Å²) >= 11 is 0. The molecule has 3 heterocycles. The third-order valence-electron chi connectivity index (χ3n) is 3.85. The number of fused-ring (bicyclic) bond motifs is 3. The smallest absolute Gasteiger partial charge is 0.133 e. The molecule has 0 bridgehead atoms. The Morgan fingerprint density at radius 3 is 2.82 bits per heavy atom. The molecular formula is C16H15N5O. The van der Waals surface area contributed by atoms with Crippen LogP contribution in [0.4, 0.5) is 5.82 Å². The number of rotatable bonds is 3. The summed E-state index contributed by atoms with van der Waals surface area (Å²) in [5, 5.41) is 17.9. The molecule has 0 unspecified atom stereocenters. The summed E-state index contributed by atoms with van der Waals surface area (Å²) < 4.78 is 0. The molecular weight excluding hydrogens is 278 g/mol. The lowest BCUT2D eigenvalue weighted by Crippen LogP contribution is -1.92. The molecule has 0 aliphatic heterocycles. The lowest BCUT2D eigenvalue weighted by molar-refractivity contribution is 0.298. The van der Waals surface area contributed by atoms with Crippen molar-refractivity contribution in [2.45, 2.75) is 6.42 Å². The first kappa shape index (κ1) is 12.8. The van der Waals surface area contributed by atoms with Gasteiger partial charge in [0.15, 0.2) is 0 Å². The lowest BCUT2D eigenvalue weighted by Gasteiger charge is -2.04. The summed E-state index contributed by atoms with van der Waals surface area (Å²) in [5.74, 6) is 0.490. The monoisotopic (exact) mass is 293 g/mol. The molecule has 22 heavy (non-hydrogen) atoms. The fraction of sp³-hybridized carbons (Fsp3) is 0.125. The molecule has 5 N–H and O–H groups in total. The molecule has 3 aromatic heterocycles. The fourth-order valence-electron chi connectivity index (χ4n) is 2.79. The molecule has 0 radical (unpaired) electrons. The molecule has 0 spiro atoms. The number of nitrogens with zero attached hydrogens (tertiary/aromatic N) is 2. The molecule has 1 aromatic carbocycles. The minimum atomic E-state index is 0.0993. The highest BCUT2D eigenvalue weighted by Gasteiger charge is 2.11. The number of nitrogens with two attached hydrogens (primary N) is 1. The van der Waals surface area contributed by atoms with E-state index in [2.05, 4.69) is 20.2 Å². The van der Waals surface area contributed by atoms with Gasteiger partial charge in [0, 0.05) is 41.3 Å². The third-order valence-corrected chi connectivity index (χ3v) is 3.85. The number of anilines is 1. The third kappa shape index (κ3) is 1.93. The Labute approximate surface area is 126 Å². The Morgan fingerprint density at radius 1 is 1.14 bits per heavy atom. The van der Waals surface area contributed by atoms with Crippen LogP contribution in [0.25, 0.3) is 33.1 Å². The maximum absolute atomic E-state index is 9.09. The largest absolute Gasteiger partial charge is 0.396 e. The van der Waals surface area contributed by atoms with E-state index in [4.69, 9.17) is 10.8 Å². The fourth-order valence-corrected chi connectivity index (χ4v) is 2.79. The van der Waals surface area contributed by atoms with Crippen molar-refractivity contribution in [3.8, 4) is 11.3 Å². The van der Waals surface area contributed by atoms with Crippen LogP contribution in [-0.4, -0.2) is 31.9 Å². The van der Waals surface area contributed by atoms with Gasteiger partial charge in [-0.15, -0.1) is 0 Å². The number of hydrogen-bond donors (Lipinski definition) is 4. The second-order valence-corrected chi connectivity index (χ2v) is 5.26. The molecule has 4 aromatic rings. The van der Waals surface area contributed by atoms with Crippen LogP contribution in [-0.2, 0) is 6.42 Å². The number of benzene rings is 1. The van der Waals surface area contributed by atoms with Crippen molar-refractivity contribution in [1.29, 1.82) is 0 Å². The maximum Gasteiger partial charge on any atom is 0.133 e. The van der Waals surface area contributed by atoms with Crippen molar-refractivity contribution in [3.63, 3.8) is 0 Å². The predicted octanol–water partition coefficient (Wildman–Crippen LogP) is 2.22. The van der Waals surface area contributed by atoms with Gasteiger partial charge in [0.2, 0.25) is 0 Å². The highest BCUT2D eigenvalue weighted by Crippen LogP contribution is 2.30. The number of aliphatic hydroxyl groups is 1. The van der Waals surface area contributed by atoms with Gasteiger partial charge in [0.05, 0.1) is 16.7 Å². The Morgan fingerprint density at radius 2 is 2.05 bits per heavy atom. The first-order chi connectivity index (χ1) is 10.8. The van der Waals surface area contributed by atoms with Crippen molar-refractivity contribution in [2.75, 3.05) is 12.3 Å². The quantitative estimate of drug-likeness (QED) is 0.465. The molecule has 0 fully saturated rings. The molecule has 0 saturated heterocycles. The highest BCUT2D eigenvalue weighted by atomic mass is 16.3. The van der Waals surface area contributed by atoms with Crippen LogP contribution in [0, 0.1) is 0 Å². The van der Waals surface area contributed by atoms with Gasteiger partial charge >= 0.3 is 0 Å². The molecule has 4 rings (SSSR count). The van der Waals surface area contributed by atoms with E-state index in [0.29, 0.717) is 12.2 Å². The SMILES string of the molecule is Nc1nc2cc(-c3ccn[nH]3)ccc2c2[nH]c(CCO)cc12. The molecule has 0 aliphatic carbocycles. The second-order valence-electron chi connectivity index (χ2n) is 5.26. The van der Waals surface area contributed by atoms with Crippen molar-refractivity contribution < 1.29 is 5.11 Å². The zero-order valence-corrected chi connectivity index (χ0v) is 11.8. The first-order valence-electron chi connectivity index (χ1n) is 7.07. The molecule has 6 heteroatoms. The predicted molar refractivity (Wildman–Crippen MR) is 86.4 cm³/mol.